The molecule has 0 unspecified atom stereocenters. The van der Waals surface area contributed by atoms with Crippen molar-refractivity contribution in [1.82, 2.24) is 0 Å². The van der Waals surface area contributed by atoms with Gasteiger partial charge >= 0.3 is 0 Å². The average Bonchev–Trinajstić information content (AvgIpc) is 2.21. The standard InChI is InChI=1S/C12H17BrN2/c1-5-10(4)14-15-12-7-8(2)11(13)6-9(12)3/h6-7,15H,5H2,1-4H3/b14-10+. The topological polar surface area (TPSA) is 24.4 Å². The molecule has 0 radical (unpaired) electrons. The number of halogens is 1. The van der Waals surface area contributed by atoms with Gasteiger partial charge in [0.15, 0.2) is 0 Å². The van der Waals surface area contributed by atoms with Crippen LogP contribution in [-0.4, -0.2) is 5.71 Å². The minimum atomic E-state index is 0.974. The molecule has 0 amide bonds. The summed E-state index contributed by atoms with van der Waals surface area (Å²) in [5.41, 5.74) is 7.69. The summed E-state index contributed by atoms with van der Waals surface area (Å²) in [4.78, 5) is 0. The van der Waals surface area contributed by atoms with Crippen molar-refractivity contribution in [3.8, 4) is 0 Å². The second-order valence-corrected chi connectivity index (χ2v) is 4.58. The third kappa shape index (κ3) is 3.34. The third-order valence-corrected chi connectivity index (χ3v) is 3.24. The quantitative estimate of drug-likeness (QED) is 0.643. The minimum Gasteiger partial charge on any atom is -0.278 e. The van der Waals surface area contributed by atoms with Gasteiger partial charge < -0.3 is 0 Å². The zero-order valence-electron chi connectivity index (χ0n) is 9.69. The predicted molar refractivity (Wildman–Crippen MR) is 70.6 cm³/mol. The molecule has 0 bridgehead atoms. The van der Waals surface area contributed by atoms with Crippen LogP contribution in [0.5, 0.6) is 0 Å². The van der Waals surface area contributed by atoms with E-state index >= 15 is 0 Å². The molecule has 0 spiro atoms. The Morgan fingerprint density at radius 1 is 1.33 bits per heavy atom. The molecule has 2 nitrogen and oxygen atoms in total. The summed E-state index contributed by atoms with van der Waals surface area (Å²) in [6.45, 7) is 8.27. The molecule has 3 heteroatoms. The molecule has 0 atom stereocenters. The number of hydrazone groups is 1. The highest BCUT2D eigenvalue weighted by molar-refractivity contribution is 9.10. The molecule has 0 heterocycles. The van der Waals surface area contributed by atoms with Crippen molar-refractivity contribution in [3.63, 3.8) is 0 Å². The lowest BCUT2D eigenvalue weighted by Crippen LogP contribution is -1.98. The molecule has 1 aromatic rings. The number of nitrogens with zero attached hydrogens (tertiary/aromatic N) is 1. The van der Waals surface area contributed by atoms with E-state index in [-0.39, 0.29) is 0 Å². The van der Waals surface area contributed by atoms with E-state index in [1.807, 2.05) is 6.92 Å². The first-order valence-corrected chi connectivity index (χ1v) is 5.89. The van der Waals surface area contributed by atoms with Gasteiger partial charge in [0.05, 0.1) is 5.69 Å². The van der Waals surface area contributed by atoms with Crippen LogP contribution in [-0.2, 0) is 0 Å². The van der Waals surface area contributed by atoms with Crippen molar-refractivity contribution in [2.75, 3.05) is 5.43 Å². The molecule has 15 heavy (non-hydrogen) atoms. The fourth-order valence-electron chi connectivity index (χ4n) is 1.14. The zero-order valence-corrected chi connectivity index (χ0v) is 11.3. The first-order valence-electron chi connectivity index (χ1n) is 5.10. The van der Waals surface area contributed by atoms with Crippen LogP contribution in [0, 0.1) is 13.8 Å². The number of anilines is 1. The van der Waals surface area contributed by atoms with Gasteiger partial charge in [-0.2, -0.15) is 5.10 Å². The Bertz CT molecular complexity index is 383. The monoisotopic (exact) mass is 268 g/mol. The van der Waals surface area contributed by atoms with E-state index in [4.69, 9.17) is 0 Å². The lowest BCUT2D eigenvalue weighted by atomic mass is 10.1. The number of hydrogen-bond acceptors (Lipinski definition) is 2. The fourth-order valence-corrected chi connectivity index (χ4v) is 1.59. The molecule has 0 aliphatic heterocycles. The highest BCUT2D eigenvalue weighted by atomic mass is 79.9. The molecule has 82 valence electrons. The Balaban J connectivity index is 2.91. The van der Waals surface area contributed by atoms with Gasteiger partial charge in [-0.15, -0.1) is 0 Å². The van der Waals surface area contributed by atoms with Gasteiger partial charge in [0, 0.05) is 10.2 Å². The summed E-state index contributed by atoms with van der Waals surface area (Å²) in [7, 11) is 0. The first-order chi connectivity index (χ1) is 7.04. The Labute approximate surface area is 99.9 Å². The van der Waals surface area contributed by atoms with Gasteiger partial charge in [0.2, 0.25) is 0 Å². The van der Waals surface area contributed by atoms with Gasteiger partial charge in [0.25, 0.3) is 0 Å². The van der Waals surface area contributed by atoms with Crippen molar-refractivity contribution in [2.45, 2.75) is 34.1 Å². The van der Waals surface area contributed by atoms with E-state index < -0.39 is 0 Å². The minimum absolute atomic E-state index is 0.974. The van der Waals surface area contributed by atoms with Crippen molar-refractivity contribution in [3.05, 3.63) is 27.7 Å². The van der Waals surface area contributed by atoms with E-state index in [1.165, 1.54) is 11.1 Å². The lowest BCUT2D eigenvalue weighted by Gasteiger charge is -2.08. The molecule has 1 aromatic carbocycles. The van der Waals surface area contributed by atoms with Crippen LogP contribution in [0.15, 0.2) is 21.7 Å². The van der Waals surface area contributed by atoms with Gasteiger partial charge in [0.1, 0.15) is 0 Å². The van der Waals surface area contributed by atoms with E-state index in [2.05, 4.69) is 59.4 Å². The predicted octanol–water partition coefficient (Wildman–Crippen LogP) is 4.26. The average molecular weight is 269 g/mol. The Kier molecular flexibility index (Phi) is 4.33. The third-order valence-electron chi connectivity index (χ3n) is 2.38. The molecule has 0 aliphatic carbocycles. The van der Waals surface area contributed by atoms with Crippen molar-refractivity contribution in [1.29, 1.82) is 0 Å². The Morgan fingerprint density at radius 2 is 2.00 bits per heavy atom. The van der Waals surface area contributed by atoms with E-state index in [9.17, 15) is 0 Å². The summed E-state index contributed by atoms with van der Waals surface area (Å²) in [6, 6.07) is 4.21. The molecule has 0 aliphatic rings. The summed E-state index contributed by atoms with van der Waals surface area (Å²) in [5.74, 6) is 0. The summed E-state index contributed by atoms with van der Waals surface area (Å²) < 4.78 is 1.14. The van der Waals surface area contributed by atoms with Gasteiger partial charge in [-0.25, -0.2) is 0 Å². The van der Waals surface area contributed by atoms with E-state index in [1.54, 1.807) is 0 Å². The van der Waals surface area contributed by atoms with Crippen molar-refractivity contribution < 1.29 is 0 Å². The highest BCUT2D eigenvalue weighted by Crippen LogP contribution is 2.24. The molecule has 0 fully saturated rings. The largest absolute Gasteiger partial charge is 0.278 e. The molecule has 0 saturated heterocycles. The SMILES string of the molecule is CC/C(C)=N/Nc1cc(C)c(Br)cc1C. The van der Waals surface area contributed by atoms with Crippen LogP contribution in [0.2, 0.25) is 0 Å². The van der Waals surface area contributed by atoms with Gasteiger partial charge in [-0.05, 0) is 50.5 Å². The summed E-state index contributed by atoms with van der Waals surface area (Å²) >= 11 is 3.51. The smallest absolute Gasteiger partial charge is 0.0594 e. The second-order valence-electron chi connectivity index (χ2n) is 3.73. The normalized spacial score (nSPS) is 11.7. The lowest BCUT2D eigenvalue weighted by molar-refractivity contribution is 1.20. The molecule has 0 aromatic heterocycles. The Hall–Kier alpha value is -0.830. The van der Waals surface area contributed by atoms with Crippen molar-refractivity contribution in [2.24, 2.45) is 5.10 Å². The number of hydrogen-bond donors (Lipinski definition) is 1. The fraction of sp³-hybridized carbons (Fsp3) is 0.417. The number of benzene rings is 1. The maximum absolute atomic E-state index is 4.30. The molecule has 1 N–H and O–H groups in total. The summed E-state index contributed by atoms with van der Waals surface area (Å²) in [6.07, 6.45) is 0.974. The van der Waals surface area contributed by atoms with Crippen LogP contribution in [0.1, 0.15) is 31.4 Å². The number of rotatable bonds is 3. The maximum atomic E-state index is 4.30. The molecular weight excluding hydrogens is 252 g/mol. The van der Waals surface area contributed by atoms with E-state index in [0.717, 1.165) is 22.3 Å². The van der Waals surface area contributed by atoms with Crippen LogP contribution in [0.4, 0.5) is 5.69 Å². The molecular formula is C12H17BrN2. The molecule has 1 rings (SSSR count). The van der Waals surface area contributed by atoms with Crippen LogP contribution >= 0.6 is 15.9 Å². The van der Waals surface area contributed by atoms with Crippen LogP contribution in [0.3, 0.4) is 0 Å². The maximum Gasteiger partial charge on any atom is 0.0594 e. The number of aryl methyl sites for hydroxylation is 2. The van der Waals surface area contributed by atoms with Gasteiger partial charge in [-0.3, -0.25) is 5.43 Å². The summed E-state index contributed by atoms with van der Waals surface area (Å²) in [5, 5.41) is 4.30. The zero-order chi connectivity index (χ0) is 11.4. The van der Waals surface area contributed by atoms with Crippen LogP contribution < -0.4 is 5.43 Å². The van der Waals surface area contributed by atoms with Crippen molar-refractivity contribution >= 4 is 27.3 Å². The number of nitrogens with one attached hydrogen (secondary N) is 1. The highest BCUT2D eigenvalue weighted by Gasteiger charge is 2.01. The van der Waals surface area contributed by atoms with Crippen LogP contribution in [0.25, 0.3) is 0 Å². The molecule has 0 saturated carbocycles. The Morgan fingerprint density at radius 3 is 2.60 bits per heavy atom. The second kappa shape index (κ2) is 5.31. The first kappa shape index (κ1) is 12.2. The van der Waals surface area contributed by atoms with Gasteiger partial charge in [-0.1, -0.05) is 22.9 Å². The van der Waals surface area contributed by atoms with E-state index in [0.29, 0.717) is 0 Å².